The molecule has 156 valence electrons. The molecule has 2 saturated heterocycles. The molecule has 1 unspecified atom stereocenters. The number of rotatable bonds is 6. The summed E-state index contributed by atoms with van der Waals surface area (Å²) in [6.45, 7) is 6.01. The minimum atomic E-state index is -4.42. The number of hydrogen-bond acceptors (Lipinski definition) is 3. The van der Waals surface area contributed by atoms with Crippen molar-refractivity contribution in [1.29, 1.82) is 0 Å². The van der Waals surface area contributed by atoms with E-state index in [1.165, 1.54) is 38.1 Å². The van der Waals surface area contributed by atoms with Crippen LogP contribution in [0.25, 0.3) is 0 Å². The van der Waals surface area contributed by atoms with Gasteiger partial charge in [-0.25, -0.2) is 0 Å². The van der Waals surface area contributed by atoms with Crippen LogP contribution in [-0.4, -0.2) is 68.7 Å². The first kappa shape index (κ1) is 20.8. The van der Waals surface area contributed by atoms with E-state index >= 15 is 0 Å². The highest BCUT2D eigenvalue weighted by Gasteiger charge is 2.34. The lowest BCUT2D eigenvalue weighted by atomic mass is 10.1. The highest BCUT2D eigenvalue weighted by atomic mass is 19.4. The molecule has 0 spiro atoms. The van der Waals surface area contributed by atoms with Crippen molar-refractivity contribution in [1.82, 2.24) is 15.1 Å². The number of nitrogens with one attached hydrogen (secondary N) is 1. The van der Waals surface area contributed by atoms with Gasteiger partial charge in [0.2, 0.25) is 0 Å². The van der Waals surface area contributed by atoms with Crippen LogP contribution in [-0.2, 0) is 6.18 Å². The fourth-order valence-corrected chi connectivity index (χ4v) is 3.99. The lowest BCUT2D eigenvalue weighted by Crippen LogP contribution is -2.42. The average Bonchev–Trinajstić information content (AvgIpc) is 3.34. The van der Waals surface area contributed by atoms with Crippen LogP contribution in [0.4, 0.5) is 13.2 Å². The third kappa shape index (κ3) is 5.53. The van der Waals surface area contributed by atoms with E-state index in [0.717, 1.165) is 38.1 Å². The zero-order valence-corrected chi connectivity index (χ0v) is 16.3. The fraction of sp³-hybridized carbons (Fsp3) is 0.650. The second-order valence-electron chi connectivity index (χ2n) is 7.42. The number of ether oxygens (including phenoxy) is 1. The molecule has 1 N–H and O–H groups in total. The van der Waals surface area contributed by atoms with Gasteiger partial charge in [0, 0.05) is 26.7 Å². The predicted molar refractivity (Wildman–Crippen MR) is 104 cm³/mol. The molecule has 0 saturated carbocycles. The van der Waals surface area contributed by atoms with Gasteiger partial charge in [-0.05, 0) is 50.4 Å². The molecule has 0 aromatic heterocycles. The number of likely N-dealkylation sites (tertiary alicyclic amines) is 2. The fourth-order valence-electron chi connectivity index (χ4n) is 3.99. The largest absolute Gasteiger partial charge is 0.491 e. The number of halogens is 3. The molecule has 28 heavy (non-hydrogen) atoms. The lowest BCUT2D eigenvalue weighted by Gasteiger charge is -2.23. The minimum Gasteiger partial charge on any atom is -0.491 e. The molecule has 1 aromatic rings. The molecular formula is C20H29F3N4O. The number of nitrogens with zero attached hydrogens (tertiary/aromatic N) is 3. The van der Waals surface area contributed by atoms with Gasteiger partial charge < -0.3 is 19.9 Å². The molecular weight excluding hydrogens is 369 g/mol. The topological polar surface area (TPSA) is 40.1 Å². The van der Waals surface area contributed by atoms with Gasteiger partial charge in [-0.15, -0.1) is 0 Å². The minimum absolute atomic E-state index is 0.136. The molecule has 2 aliphatic heterocycles. The number of aliphatic imine (C=N–C) groups is 1. The van der Waals surface area contributed by atoms with Crippen LogP contribution in [0.2, 0.25) is 0 Å². The molecule has 2 heterocycles. The Bertz CT molecular complexity index is 659. The summed E-state index contributed by atoms with van der Waals surface area (Å²) in [5, 5.41) is 3.21. The van der Waals surface area contributed by atoms with E-state index in [9.17, 15) is 13.2 Å². The third-order valence-corrected chi connectivity index (χ3v) is 5.35. The summed E-state index contributed by atoms with van der Waals surface area (Å²) in [6.07, 6.45) is -0.666. The monoisotopic (exact) mass is 398 g/mol. The van der Waals surface area contributed by atoms with Gasteiger partial charge in [-0.3, -0.25) is 4.99 Å². The van der Waals surface area contributed by atoms with E-state index in [2.05, 4.69) is 20.1 Å². The number of benzene rings is 1. The van der Waals surface area contributed by atoms with Crippen molar-refractivity contribution in [2.45, 2.75) is 25.4 Å². The standard InChI is InChI=1S/C20H29F3N4O/c1-24-19(27-12-8-16(15-27)14-26-10-4-5-11-26)25-9-13-28-18-7-3-2-6-17(18)20(21,22)23/h2-3,6-7,16H,4-5,8-15H2,1H3,(H,24,25). The Balaban J connectivity index is 1.43. The first-order valence-electron chi connectivity index (χ1n) is 9.94. The van der Waals surface area contributed by atoms with Crippen LogP contribution in [0, 0.1) is 5.92 Å². The van der Waals surface area contributed by atoms with E-state index in [1.54, 1.807) is 13.1 Å². The number of hydrogen-bond donors (Lipinski definition) is 1. The van der Waals surface area contributed by atoms with Crippen molar-refractivity contribution in [2.24, 2.45) is 10.9 Å². The van der Waals surface area contributed by atoms with Crippen LogP contribution >= 0.6 is 0 Å². The maximum Gasteiger partial charge on any atom is 0.419 e. The van der Waals surface area contributed by atoms with Gasteiger partial charge in [0.15, 0.2) is 5.96 Å². The third-order valence-electron chi connectivity index (χ3n) is 5.35. The zero-order chi connectivity index (χ0) is 20.0. The summed E-state index contributed by atoms with van der Waals surface area (Å²) < 4.78 is 44.4. The van der Waals surface area contributed by atoms with Crippen LogP contribution in [0.15, 0.2) is 29.3 Å². The Hall–Kier alpha value is -1.96. The van der Waals surface area contributed by atoms with Crippen molar-refractivity contribution in [3.05, 3.63) is 29.8 Å². The molecule has 1 atom stereocenters. The normalized spacial score (nSPS) is 21.4. The Kier molecular flexibility index (Phi) is 7.04. The summed E-state index contributed by atoms with van der Waals surface area (Å²) >= 11 is 0. The van der Waals surface area contributed by atoms with E-state index in [-0.39, 0.29) is 12.4 Å². The molecule has 5 nitrogen and oxygen atoms in total. The smallest absolute Gasteiger partial charge is 0.419 e. The quantitative estimate of drug-likeness (QED) is 0.454. The molecule has 8 heteroatoms. The van der Waals surface area contributed by atoms with Crippen LogP contribution in [0.3, 0.4) is 0 Å². The van der Waals surface area contributed by atoms with Gasteiger partial charge >= 0.3 is 6.18 Å². The predicted octanol–water partition coefficient (Wildman–Crippen LogP) is 3.08. The van der Waals surface area contributed by atoms with Crippen LogP contribution in [0.5, 0.6) is 5.75 Å². The Morgan fingerprint density at radius 1 is 1.21 bits per heavy atom. The zero-order valence-electron chi connectivity index (χ0n) is 16.3. The maximum atomic E-state index is 13.0. The Labute approximate surface area is 164 Å². The van der Waals surface area contributed by atoms with Crippen molar-refractivity contribution in [3.63, 3.8) is 0 Å². The molecule has 3 rings (SSSR count). The molecule has 2 aliphatic rings. The van der Waals surface area contributed by atoms with Crippen molar-refractivity contribution < 1.29 is 17.9 Å². The highest BCUT2D eigenvalue weighted by Crippen LogP contribution is 2.35. The first-order chi connectivity index (χ1) is 13.5. The second kappa shape index (κ2) is 9.49. The van der Waals surface area contributed by atoms with Gasteiger partial charge in [0.1, 0.15) is 12.4 Å². The van der Waals surface area contributed by atoms with Crippen LogP contribution < -0.4 is 10.1 Å². The number of guanidine groups is 1. The first-order valence-corrected chi connectivity index (χ1v) is 9.94. The van der Waals surface area contributed by atoms with Crippen LogP contribution in [0.1, 0.15) is 24.8 Å². The Morgan fingerprint density at radius 2 is 1.96 bits per heavy atom. The lowest BCUT2D eigenvalue weighted by molar-refractivity contribution is -0.138. The van der Waals surface area contributed by atoms with E-state index in [0.29, 0.717) is 12.5 Å². The molecule has 0 radical (unpaired) electrons. The molecule has 2 fully saturated rings. The Morgan fingerprint density at radius 3 is 2.68 bits per heavy atom. The highest BCUT2D eigenvalue weighted by molar-refractivity contribution is 5.80. The summed E-state index contributed by atoms with van der Waals surface area (Å²) in [4.78, 5) is 9.08. The second-order valence-corrected chi connectivity index (χ2v) is 7.42. The molecule has 0 amide bonds. The number of para-hydroxylation sites is 1. The SMILES string of the molecule is CN=C(NCCOc1ccccc1C(F)(F)F)N1CCC(CN2CCCC2)C1. The molecule has 0 aliphatic carbocycles. The van der Waals surface area contributed by atoms with Crippen molar-refractivity contribution in [3.8, 4) is 5.75 Å². The summed E-state index contributed by atoms with van der Waals surface area (Å²) in [6, 6.07) is 5.29. The van der Waals surface area contributed by atoms with Gasteiger partial charge in [0.05, 0.1) is 12.1 Å². The van der Waals surface area contributed by atoms with E-state index in [4.69, 9.17) is 4.74 Å². The molecule has 1 aromatic carbocycles. The molecule has 0 bridgehead atoms. The van der Waals surface area contributed by atoms with Gasteiger partial charge in [-0.1, -0.05) is 12.1 Å². The van der Waals surface area contributed by atoms with Crippen molar-refractivity contribution in [2.75, 3.05) is 52.9 Å². The van der Waals surface area contributed by atoms with Gasteiger partial charge in [0.25, 0.3) is 0 Å². The maximum absolute atomic E-state index is 13.0. The summed E-state index contributed by atoms with van der Waals surface area (Å²) in [5.41, 5.74) is -0.747. The van der Waals surface area contributed by atoms with E-state index < -0.39 is 11.7 Å². The number of alkyl halides is 3. The summed E-state index contributed by atoms with van der Waals surface area (Å²) in [7, 11) is 1.73. The average molecular weight is 398 g/mol. The van der Waals surface area contributed by atoms with Gasteiger partial charge in [-0.2, -0.15) is 13.2 Å². The van der Waals surface area contributed by atoms with E-state index in [1.807, 2.05) is 0 Å². The summed E-state index contributed by atoms with van der Waals surface area (Å²) in [5.74, 6) is 1.29. The van der Waals surface area contributed by atoms with Crippen molar-refractivity contribution >= 4 is 5.96 Å².